The second kappa shape index (κ2) is 7.94. The van der Waals surface area contributed by atoms with E-state index in [1.807, 2.05) is 36.4 Å². The third-order valence-corrected chi connectivity index (χ3v) is 3.79. The van der Waals surface area contributed by atoms with Crippen LogP contribution in [-0.4, -0.2) is 37.9 Å². The lowest BCUT2D eigenvalue weighted by molar-refractivity contribution is -0.140. The zero-order chi connectivity index (χ0) is 17.6. The summed E-state index contributed by atoms with van der Waals surface area (Å²) in [5.74, 6) is -1.33. The van der Waals surface area contributed by atoms with Crippen molar-refractivity contribution in [1.29, 1.82) is 0 Å². The predicted octanol–water partition coefficient (Wildman–Crippen LogP) is 2.68. The van der Waals surface area contributed by atoms with Crippen molar-refractivity contribution in [2.45, 2.75) is 6.42 Å². The van der Waals surface area contributed by atoms with E-state index in [1.165, 1.54) is 0 Å². The highest BCUT2D eigenvalue weighted by atomic mass is 32.2. The number of ether oxygens (including phenoxy) is 2. The second-order valence-corrected chi connectivity index (χ2v) is 6.57. The Morgan fingerprint density at radius 3 is 2.54 bits per heavy atom. The quantitative estimate of drug-likeness (QED) is 0.447. The van der Waals surface area contributed by atoms with Crippen molar-refractivity contribution >= 4 is 32.9 Å². The highest BCUT2D eigenvalue weighted by Gasteiger charge is 2.13. The van der Waals surface area contributed by atoms with Gasteiger partial charge in [0.1, 0.15) is 5.75 Å². The molecule has 0 aromatic heterocycles. The first-order valence-electron chi connectivity index (χ1n) is 7.27. The molecule has 2 aromatic rings. The lowest BCUT2D eigenvalue weighted by Crippen LogP contribution is -2.18. The summed E-state index contributed by atoms with van der Waals surface area (Å²) in [5.41, 5.74) is 1.04. The maximum atomic E-state index is 11.1. The lowest BCUT2D eigenvalue weighted by Gasteiger charge is -2.08. The van der Waals surface area contributed by atoms with Gasteiger partial charge in [-0.05, 0) is 34.5 Å². The minimum atomic E-state index is -4.35. The van der Waals surface area contributed by atoms with Gasteiger partial charge in [0.25, 0.3) is 10.1 Å². The first-order chi connectivity index (χ1) is 11.4. The molecular formula is C17H18O6S. The molecule has 0 unspecified atom stereocenters. The molecule has 6 nitrogen and oxygen atoms in total. The predicted molar refractivity (Wildman–Crippen MR) is 91.5 cm³/mol. The first kappa shape index (κ1) is 18.0. The molecule has 1 N–H and O–H groups in total. The second-order valence-electron chi connectivity index (χ2n) is 5.12. The Balaban J connectivity index is 1.79. The molecule has 0 aliphatic rings. The van der Waals surface area contributed by atoms with Crippen LogP contribution in [0.4, 0.5) is 0 Å². The fourth-order valence-electron chi connectivity index (χ4n) is 2.08. The fourth-order valence-corrected chi connectivity index (χ4v) is 2.47. The molecule has 0 aliphatic heterocycles. The highest BCUT2D eigenvalue weighted by Crippen LogP contribution is 2.22. The molecule has 0 saturated carbocycles. The van der Waals surface area contributed by atoms with Crippen LogP contribution in [0.1, 0.15) is 12.0 Å². The Morgan fingerprint density at radius 2 is 1.83 bits per heavy atom. The molecule has 2 rings (SSSR count). The number of hydrogen-bond acceptors (Lipinski definition) is 5. The normalized spacial score (nSPS) is 11.2. The Morgan fingerprint density at radius 1 is 1.12 bits per heavy atom. The topological polar surface area (TPSA) is 89.9 Å². The van der Waals surface area contributed by atoms with E-state index < -0.39 is 21.8 Å². The molecule has 2 aromatic carbocycles. The van der Waals surface area contributed by atoms with Crippen LogP contribution < -0.4 is 4.74 Å². The monoisotopic (exact) mass is 350 g/mol. The van der Waals surface area contributed by atoms with Crippen LogP contribution in [0, 0.1) is 0 Å². The van der Waals surface area contributed by atoms with Crippen LogP contribution in [0.2, 0.25) is 0 Å². The first-order valence-corrected chi connectivity index (χ1v) is 8.88. The van der Waals surface area contributed by atoms with Gasteiger partial charge >= 0.3 is 5.97 Å². The van der Waals surface area contributed by atoms with Gasteiger partial charge in [-0.15, -0.1) is 0 Å². The van der Waals surface area contributed by atoms with Gasteiger partial charge < -0.3 is 9.47 Å². The van der Waals surface area contributed by atoms with Gasteiger partial charge in [0.15, 0.2) is 5.75 Å². The van der Waals surface area contributed by atoms with Crippen LogP contribution in [0.5, 0.6) is 5.75 Å². The molecule has 0 aliphatic carbocycles. The lowest BCUT2D eigenvalue weighted by atomic mass is 10.1. The van der Waals surface area contributed by atoms with Crippen LogP contribution in [0.3, 0.4) is 0 Å². The standard InChI is InChI=1S/C17H18O6S/c1-2-13-4-5-15-11-16(7-6-14(15)10-13)22-8-3-9-23-17(18)12-24(19,20)21/h2,4-7,10-11H,1,3,8-9,12H2,(H,19,20,21). The number of carbonyl (C=O) groups excluding carboxylic acids is 1. The van der Waals surface area contributed by atoms with Crippen molar-refractivity contribution in [2.75, 3.05) is 19.0 Å². The van der Waals surface area contributed by atoms with Crippen molar-refractivity contribution in [2.24, 2.45) is 0 Å². The van der Waals surface area contributed by atoms with E-state index in [0.717, 1.165) is 16.3 Å². The van der Waals surface area contributed by atoms with E-state index in [2.05, 4.69) is 11.3 Å². The van der Waals surface area contributed by atoms with Gasteiger partial charge in [-0.3, -0.25) is 9.35 Å². The minimum Gasteiger partial charge on any atom is -0.493 e. The summed E-state index contributed by atoms with van der Waals surface area (Å²) in [6, 6.07) is 11.7. The number of benzene rings is 2. The van der Waals surface area contributed by atoms with Crippen molar-refractivity contribution in [3.8, 4) is 5.75 Å². The average molecular weight is 350 g/mol. The molecule has 0 heterocycles. The molecule has 0 fully saturated rings. The van der Waals surface area contributed by atoms with E-state index in [-0.39, 0.29) is 6.61 Å². The molecule has 128 valence electrons. The summed E-state index contributed by atoms with van der Waals surface area (Å²) in [7, 11) is -4.35. The third-order valence-electron chi connectivity index (χ3n) is 3.19. The minimum absolute atomic E-state index is 0.0185. The van der Waals surface area contributed by atoms with Gasteiger partial charge in [0.2, 0.25) is 0 Å². The van der Waals surface area contributed by atoms with E-state index in [4.69, 9.17) is 9.29 Å². The summed E-state index contributed by atoms with van der Waals surface area (Å²) >= 11 is 0. The van der Waals surface area contributed by atoms with Gasteiger partial charge in [-0.2, -0.15) is 8.42 Å². The Bertz CT molecular complexity index is 841. The summed E-state index contributed by atoms with van der Waals surface area (Å²) in [6.07, 6.45) is 2.19. The molecule has 24 heavy (non-hydrogen) atoms. The zero-order valence-corrected chi connectivity index (χ0v) is 13.8. The highest BCUT2D eigenvalue weighted by molar-refractivity contribution is 7.86. The molecule has 0 atom stereocenters. The van der Waals surface area contributed by atoms with Crippen molar-refractivity contribution < 1.29 is 27.2 Å². The van der Waals surface area contributed by atoms with Gasteiger partial charge in [-0.1, -0.05) is 30.9 Å². The molecule has 0 bridgehead atoms. The van der Waals surface area contributed by atoms with Crippen LogP contribution in [0.25, 0.3) is 16.8 Å². The molecule has 0 amide bonds. The molecular weight excluding hydrogens is 332 g/mol. The zero-order valence-electron chi connectivity index (χ0n) is 13.0. The summed E-state index contributed by atoms with van der Waals surface area (Å²) in [6.45, 7) is 4.07. The van der Waals surface area contributed by atoms with Crippen molar-refractivity contribution in [1.82, 2.24) is 0 Å². The van der Waals surface area contributed by atoms with Gasteiger partial charge in [0, 0.05) is 6.42 Å². The molecule has 0 saturated heterocycles. The van der Waals surface area contributed by atoms with Crippen LogP contribution in [0.15, 0.2) is 43.0 Å². The smallest absolute Gasteiger partial charge is 0.323 e. The van der Waals surface area contributed by atoms with E-state index in [1.54, 1.807) is 6.08 Å². The van der Waals surface area contributed by atoms with Gasteiger partial charge in [-0.25, -0.2) is 0 Å². The molecule has 7 heteroatoms. The van der Waals surface area contributed by atoms with Crippen LogP contribution >= 0.6 is 0 Å². The number of rotatable bonds is 8. The molecule has 0 spiro atoms. The average Bonchev–Trinajstić information content (AvgIpc) is 2.52. The van der Waals surface area contributed by atoms with Crippen molar-refractivity contribution in [3.05, 3.63) is 48.5 Å². The number of hydrogen-bond donors (Lipinski definition) is 1. The van der Waals surface area contributed by atoms with E-state index >= 15 is 0 Å². The number of fused-ring (bicyclic) bond motifs is 1. The number of carbonyl (C=O) groups is 1. The largest absolute Gasteiger partial charge is 0.493 e. The number of esters is 1. The van der Waals surface area contributed by atoms with Gasteiger partial charge in [0.05, 0.1) is 13.2 Å². The van der Waals surface area contributed by atoms with E-state index in [0.29, 0.717) is 18.8 Å². The van der Waals surface area contributed by atoms with Crippen molar-refractivity contribution in [3.63, 3.8) is 0 Å². The Labute approximate surface area is 140 Å². The summed E-state index contributed by atoms with van der Waals surface area (Å²) < 4.78 is 39.7. The fraction of sp³-hybridized carbons (Fsp3) is 0.235. The SMILES string of the molecule is C=Cc1ccc2cc(OCCCOC(=O)CS(=O)(=O)O)ccc2c1. The Hall–Kier alpha value is -2.38. The maximum absolute atomic E-state index is 11.1. The Kier molecular flexibility index (Phi) is 5.94. The maximum Gasteiger partial charge on any atom is 0.323 e. The van der Waals surface area contributed by atoms with E-state index in [9.17, 15) is 13.2 Å². The van der Waals surface area contributed by atoms with Crippen LogP contribution in [-0.2, 0) is 19.6 Å². The summed E-state index contributed by atoms with van der Waals surface area (Å²) in [5, 5.41) is 2.12. The summed E-state index contributed by atoms with van der Waals surface area (Å²) in [4.78, 5) is 11.1. The molecule has 0 radical (unpaired) electrons. The third kappa shape index (κ3) is 5.68.